The van der Waals surface area contributed by atoms with E-state index in [0.717, 1.165) is 49.3 Å². The highest BCUT2D eigenvalue weighted by molar-refractivity contribution is 7.80. The number of ether oxygens (including phenoxy) is 2. The first-order valence-electron chi connectivity index (χ1n) is 9.41. The molecule has 148 valence electrons. The molecule has 1 aliphatic rings. The molecule has 2 aromatic rings. The van der Waals surface area contributed by atoms with Crippen LogP contribution < -0.4 is 14.8 Å². The Hall–Kier alpha value is -2.57. The third kappa shape index (κ3) is 5.47. The second-order valence-electron chi connectivity index (χ2n) is 6.60. The molecule has 1 aliphatic heterocycles. The van der Waals surface area contributed by atoms with Crippen molar-refractivity contribution < 1.29 is 9.47 Å². The molecular formula is C22H27N3O2S. The van der Waals surface area contributed by atoms with Crippen LogP contribution in [0.2, 0.25) is 0 Å². The van der Waals surface area contributed by atoms with Crippen LogP contribution in [0.5, 0.6) is 11.5 Å². The number of nitrogens with zero attached hydrogens (tertiary/aromatic N) is 2. The van der Waals surface area contributed by atoms with E-state index in [0.29, 0.717) is 5.75 Å². The molecule has 0 atom stereocenters. The Morgan fingerprint density at radius 2 is 1.79 bits per heavy atom. The zero-order valence-electron chi connectivity index (χ0n) is 16.4. The highest BCUT2D eigenvalue weighted by Crippen LogP contribution is 2.29. The van der Waals surface area contributed by atoms with Gasteiger partial charge in [0, 0.05) is 38.8 Å². The lowest BCUT2D eigenvalue weighted by Crippen LogP contribution is -2.49. The van der Waals surface area contributed by atoms with Crippen molar-refractivity contribution in [3.8, 4) is 11.5 Å². The van der Waals surface area contributed by atoms with Gasteiger partial charge in [-0.25, -0.2) is 0 Å². The molecule has 0 aromatic heterocycles. The summed E-state index contributed by atoms with van der Waals surface area (Å²) in [6.45, 7) is 4.74. The molecule has 1 fully saturated rings. The molecule has 2 aromatic carbocycles. The van der Waals surface area contributed by atoms with Crippen LogP contribution >= 0.6 is 12.2 Å². The van der Waals surface area contributed by atoms with Gasteiger partial charge in [-0.05, 0) is 29.9 Å². The van der Waals surface area contributed by atoms with E-state index in [2.05, 4.69) is 51.5 Å². The van der Waals surface area contributed by atoms with Crippen LogP contribution in [0.25, 0.3) is 6.08 Å². The van der Waals surface area contributed by atoms with E-state index in [1.54, 1.807) is 14.2 Å². The second kappa shape index (κ2) is 10.1. The van der Waals surface area contributed by atoms with Crippen molar-refractivity contribution in [3.63, 3.8) is 0 Å². The van der Waals surface area contributed by atoms with Crippen molar-refractivity contribution in [2.75, 3.05) is 52.3 Å². The predicted octanol–water partition coefficient (Wildman–Crippen LogP) is 3.73. The van der Waals surface area contributed by atoms with Crippen LogP contribution in [0.1, 0.15) is 5.56 Å². The molecule has 5 nitrogen and oxygen atoms in total. The summed E-state index contributed by atoms with van der Waals surface area (Å²) >= 11 is 5.61. The summed E-state index contributed by atoms with van der Waals surface area (Å²) in [5, 5.41) is 4.03. The standard InChI is InChI=1S/C22H27N3O2S/c1-26-19-10-11-20(21(17-19)27-2)23-22(28)25-15-13-24(14-16-25)12-6-9-18-7-4-3-5-8-18/h3-11,17H,12-16H2,1-2H3,(H,23,28)/b9-6-. The first-order valence-corrected chi connectivity index (χ1v) is 9.82. The summed E-state index contributed by atoms with van der Waals surface area (Å²) in [5.41, 5.74) is 2.08. The molecule has 6 heteroatoms. The zero-order valence-corrected chi connectivity index (χ0v) is 17.2. The monoisotopic (exact) mass is 397 g/mol. The Balaban J connectivity index is 1.48. The lowest BCUT2D eigenvalue weighted by Gasteiger charge is -2.35. The molecule has 0 spiro atoms. The van der Waals surface area contributed by atoms with Crippen LogP contribution in [-0.4, -0.2) is 61.9 Å². The Labute approximate surface area is 172 Å². The number of piperazine rings is 1. The number of nitrogens with one attached hydrogen (secondary N) is 1. The fourth-order valence-electron chi connectivity index (χ4n) is 3.13. The Kier molecular flexibility index (Phi) is 7.28. The minimum absolute atomic E-state index is 0.714. The van der Waals surface area contributed by atoms with E-state index < -0.39 is 0 Å². The maximum absolute atomic E-state index is 5.61. The molecule has 0 unspecified atom stereocenters. The average Bonchev–Trinajstić information content (AvgIpc) is 2.75. The van der Waals surface area contributed by atoms with E-state index in [1.807, 2.05) is 24.3 Å². The van der Waals surface area contributed by atoms with Crippen LogP contribution in [-0.2, 0) is 0 Å². The third-order valence-electron chi connectivity index (χ3n) is 4.78. The Morgan fingerprint density at radius 1 is 1.04 bits per heavy atom. The van der Waals surface area contributed by atoms with Crippen LogP contribution in [0.15, 0.2) is 54.6 Å². The maximum Gasteiger partial charge on any atom is 0.173 e. The third-order valence-corrected chi connectivity index (χ3v) is 5.14. The maximum atomic E-state index is 5.61. The first-order chi connectivity index (χ1) is 13.7. The highest BCUT2D eigenvalue weighted by Gasteiger charge is 2.19. The van der Waals surface area contributed by atoms with Crippen molar-refractivity contribution in [1.29, 1.82) is 0 Å². The molecule has 0 radical (unpaired) electrons. The largest absolute Gasteiger partial charge is 0.497 e. The van der Waals surface area contributed by atoms with E-state index in [4.69, 9.17) is 21.7 Å². The van der Waals surface area contributed by atoms with Crippen LogP contribution in [0, 0.1) is 0 Å². The SMILES string of the molecule is COc1ccc(NC(=S)N2CCN(C/C=C\c3ccccc3)CC2)c(OC)c1. The Morgan fingerprint density at radius 3 is 2.46 bits per heavy atom. The van der Waals surface area contributed by atoms with Gasteiger partial charge in [0.2, 0.25) is 0 Å². The lowest BCUT2D eigenvalue weighted by molar-refractivity contribution is 0.199. The van der Waals surface area contributed by atoms with Crippen molar-refractivity contribution in [2.45, 2.75) is 0 Å². The summed E-state index contributed by atoms with van der Waals surface area (Å²) < 4.78 is 10.7. The number of hydrogen-bond acceptors (Lipinski definition) is 4. The van der Waals surface area contributed by atoms with Crippen LogP contribution in [0.3, 0.4) is 0 Å². The normalized spacial score (nSPS) is 14.9. The highest BCUT2D eigenvalue weighted by atomic mass is 32.1. The quantitative estimate of drug-likeness (QED) is 0.749. The molecule has 0 bridgehead atoms. The summed E-state index contributed by atoms with van der Waals surface area (Å²) in [5.74, 6) is 1.47. The molecular weight excluding hydrogens is 370 g/mol. The van der Waals surface area contributed by atoms with E-state index in [1.165, 1.54) is 5.56 Å². The van der Waals surface area contributed by atoms with Gasteiger partial charge in [-0.3, -0.25) is 4.90 Å². The molecule has 1 heterocycles. The summed E-state index contributed by atoms with van der Waals surface area (Å²) in [4.78, 5) is 4.64. The van der Waals surface area contributed by atoms with Crippen molar-refractivity contribution in [1.82, 2.24) is 9.80 Å². The molecule has 0 aliphatic carbocycles. The predicted molar refractivity (Wildman–Crippen MR) is 119 cm³/mol. The average molecular weight is 398 g/mol. The van der Waals surface area contributed by atoms with Crippen LogP contribution in [0.4, 0.5) is 5.69 Å². The molecule has 1 N–H and O–H groups in total. The number of anilines is 1. The fourth-order valence-corrected chi connectivity index (χ4v) is 3.42. The van der Waals surface area contributed by atoms with Gasteiger partial charge in [-0.15, -0.1) is 0 Å². The van der Waals surface area contributed by atoms with Gasteiger partial charge in [0.15, 0.2) is 5.11 Å². The fraction of sp³-hybridized carbons (Fsp3) is 0.318. The zero-order chi connectivity index (χ0) is 19.8. The molecule has 0 saturated carbocycles. The smallest absolute Gasteiger partial charge is 0.173 e. The Bertz CT molecular complexity index is 803. The van der Waals surface area contributed by atoms with Gasteiger partial charge in [0.25, 0.3) is 0 Å². The summed E-state index contributed by atoms with van der Waals surface area (Å²) in [6, 6.07) is 16.1. The minimum atomic E-state index is 0.714. The molecule has 3 rings (SSSR count). The summed E-state index contributed by atoms with van der Waals surface area (Å²) in [7, 11) is 3.28. The van der Waals surface area contributed by atoms with Gasteiger partial charge < -0.3 is 19.7 Å². The number of rotatable bonds is 6. The number of hydrogen-bond donors (Lipinski definition) is 1. The topological polar surface area (TPSA) is 37.0 Å². The first kappa shape index (κ1) is 20.2. The molecule has 28 heavy (non-hydrogen) atoms. The van der Waals surface area contributed by atoms with Gasteiger partial charge in [-0.2, -0.15) is 0 Å². The van der Waals surface area contributed by atoms with Gasteiger partial charge >= 0.3 is 0 Å². The number of thiocarbonyl (C=S) groups is 1. The van der Waals surface area contributed by atoms with Crippen molar-refractivity contribution in [2.24, 2.45) is 0 Å². The van der Waals surface area contributed by atoms with Gasteiger partial charge in [0.05, 0.1) is 19.9 Å². The lowest BCUT2D eigenvalue weighted by atomic mass is 10.2. The molecule has 0 amide bonds. The van der Waals surface area contributed by atoms with Crippen molar-refractivity contribution in [3.05, 3.63) is 60.2 Å². The van der Waals surface area contributed by atoms with E-state index in [-0.39, 0.29) is 0 Å². The molecule has 1 saturated heterocycles. The number of benzene rings is 2. The van der Waals surface area contributed by atoms with E-state index >= 15 is 0 Å². The summed E-state index contributed by atoms with van der Waals surface area (Å²) in [6.07, 6.45) is 4.40. The van der Waals surface area contributed by atoms with Gasteiger partial charge in [0.1, 0.15) is 11.5 Å². The van der Waals surface area contributed by atoms with E-state index in [9.17, 15) is 0 Å². The number of methoxy groups -OCH3 is 2. The second-order valence-corrected chi connectivity index (χ2v) is 6.98. The minimum Gasteiger partial charge on any atom is -0.497 e. The van der Waals surface area contributed by atoms with Gasteiger partial charge in [-0.1, -0.05) is 42.5 Å². The van der Waals surface area contributed by atoms with Crippen molar-refractivity contribution >= 4 is 29.1 Å².